The fourth-order valence-electron chi connectivity index (χ4n) is 2.12. The maximum atomic E-state index is 6.00. The third-order valence-corrected chi connectivity index (χ3v) is 3.44. The molecule has 0 atom stereocenters. The Morgan fingerprint density at radius 3 is 1.95 bits per heavy atom. The molecule has 0 N–H and O–H groups in total. The highest BCUT2D eigenvalue weighted by molar-refractivity contribution is 7.71. The number of hydrogen-bond acceptors (Lipinski definition) is 3. The first-order valence-corrected chi connectivity index (χ1v) is 7.02. The summed E-state index contributed by atoms with van der Waals surface area (Å²) in [5, 5.41) is 0. The molecule has 1 aromatic heterocycles. The van der Waals surface area contributed by atoms with Crippen LogP contribution in [0.3, 0.4) is 0 Å². The van der Waals surface area contributed by atoms with Crippen molar-refractivity contribution in [2.45, 2.75) is 0 Å². The number of benzene rings is 2. The van der Waals surface area contributed by atoms with E-state index in [0.29, 0.717) is 0 Å². The largest absolute Gasteiger partial charge is 0.497 e. The lowest BCUT2D eigenvalue weighted by atomic mass is 10.1. The van der Waals surface area contributed by atoms with Gasteiger partial charge in [-0.15, -0.1) is 0 Å². The van der Waals surface area contributed by atoms with Gasteiger partial charge >= 0.3 is 0 Å². The van der Waals surface area contributed by atoms with Crippen LogP contribution in [-0.2, 0) is 0 Å². The summed E-state index contributed by atoms with van der Waals surface area (Å²) in [4.78, 5) is 0. The smallest absolute Gasteiger partial charge is 0.136 e. The lowest BCUT2D eigenvalue weighted by molar-refractivity contribution is 0.415. The van der Waals surface area contributed by atoms with Crippen molar-refractivity contribution in [2.75, 3.05) is 7.11 Å². The summed E-state index contributed by atoms with van der Waals surface area (Å²) in [6.45, 7) is 0. The SMILES string of the molecule is COc1ccc(-c2cc(=S)cc(-c3ccccc3)o2)cc1. The van der Waals surface area contributed by atoms with Crippen LogP contribution in [0.5, 0.6) is 5.75 Å². The first-order chi connectivity index (χ1) is 10.3. The molecule has 0 amide bonds. The molecule has 2 nitrogen and oxygen atoms in total. The topological polar surface area (TPSA) is 22.4 Å². The highest BCUT2D eigenvalue weighted by atomic mass is 32.1. The Morgan fingerprint density at radius 1 is 0.810 bits per heavy atom. The molecule has 0 spiro atoms. The van der Waals surface area contributed by atoms with Crippen LogP contribution in [0.25, 0.3) is 22.6 Å². The van der Waals surface area contributed by atoms with E-state index < -0.39 is 0 Å². The van der Waals surface area contributed by atoms with E-state index in [2.05, 4.69) is 0 Å². The first kappa shape index (κ1) is 13.6. The predicted molar refractivity (Wildman–Crippen MR) is 87.0 cm³/mol. The molecule has 0 radical (unpaired) electrons. The van der Waals surface area contributed by atoms with Crippen LogP contribution in [0, 0.1) is 4.51 Å². The molecule has 0 saturated heterocycles. The van der Waals surface area contributed by atoms with E-state index in [1.807, 2.05) is 66.7 Å². The average Bonchev–Trinajstić information content (AvgIpc) is 2.55. The van der Waals surface area contributed by atoms with Crippen molar-refractivity contribution >= 4 is 12.2 Å². The molecule has 0 saturated carbocycles. The van der Waals surface area contributed by atoms with Crippen LogP contribution in [0.4, 0.5) is 0 Å². The second kappa shape index (κ2) is 5.94. The molecule has 3 aromatic rings. The predicted octanol–water partition coefficient (Wildman–Crippen LogP) is 5.35. The quantitative estimate of drug-likeness (QED) is 0.608. The number of ether oxygens (including phenoxy) is 1. The molecule has 0 aliphatic heterocycles. The van der Waals surface area contributed by atoms with E-state index in [9.17, 15) is 0 Å². The highest BCUT2D eigenvalue weighted by Crippen LogP contribution is 2.28. The zero-order valence-electron chi connectivity index (χ0n) is 11.6. The minimum atomic E-state index is 0.754. The van der Waals surface area contributed by atoms with Crippen molar-refractivity contribution in [2.24, 2.45) is 0 Å². The van der Waals surface area contributed by atoms with Gasteiger partial charge in [0.25, 0.3) is 0 Å². The summed E-state index contributed by atoms with van der Waals surface area (Å²) in [7, 11) is 1.65. The van der Waals surface area contributed by atoms with E-state index in [-0.39, 0.29) is 0 Å². The highest BCUT2D eigenvalue weighted by Gasteiger charge is 2.05. The average molecular weight is 294 g/mol. The summed E-state index contributed by atoms with van der Waals surface area (Å²) in [5.74, 6) is 2.34. The van der Waals surface area contributed by atoms with Crippen LogP contribution in [0.1, 0.15) is 0 Å². The van der Waals surface area contributed by atoms with Crippen LogP contribution in [-0.4, -0.2) is 7.11 Å². The molecular weight excluding hydrogens is 280 g/mol. The molecule has 3 heteroatoms. The number of hydrogen-bond donors (Lipinski definition) is 0. The Labute approximate surface area is 128 Å². The van der Waals surface area contributed by atoms with Gasteiger partial charge in [-0.25, -0.2) is 0 Å². The van der Waals surface area contributed by atoms with Gasteiger partial charge in [-0.1, -0.05) is 42.5 Å². The lowest BCUT2D eigenvalue weighted by Crippen LogP contribution is -1.84. The minimum absolute atomic E-state index is 0.754. The molecule has 104 valence electrons. The summed E-state index contributed by atoms with van der Waals surface area (Å²) in [6.07, 6.45) is 0. The van der Waals surface area contributed by atoms with Gasteiger partial charge in [0.2, 0.25) is 0 Å². The Hall–Kier alpha value is -2.39. The van der Waals surface area contributed by atoms with Crippen LogP contribution < -0.4 is 4.74 Å². The summed E-state index contributed by atoms with van der Waals surface area (Å²) < 4.78 is 11.9. The fraction of sp³-hybridized carbons (Fsp3) is 0.0556. The van der Waals surface area contributed by atoms with Gasteiger partial charge in [0, 0.05) is 15.6 Å². The van der Waals surface area contributed by atoms with Crippen molar-refractivity contribution in [1.82, 2.24) is 0 Å². The zero-order chi connectivity index (χ0) is 14.7. The van der Waals surface area contributed by atoms with Gasteiger partial charge in [-0.05, 0) is 36.4 Å². The Bertz CT molecular complexity index is 789. The second-order valence-electron chi connectivity index (χ2n) is 4.62. The van der Waals surface area contributed by atoms with Gasteiger partial charge in [-0.3, -0.25) is 0 Å². The Kier molecular flexibility index (Phi) is 3.84. The normalized spacial score (nSPS) is 10.3. The van der Waals surface area contributed by atoms with Gasteiger partial charge in [0.1, 0.15) is 17.3 Å². The standard InChI is InChI=1S/C18H14O2S/c1-19-15-9-7-14(8-10-15)18-12-16(21)11-17(20-18)13-5-3-2-4-6-13/h2-12H,1H3. The van der Waals surface area contributed by atoms with Crippen LogP contribution >= 0.6 is 12.2 Å². The van der Waals surface area contributed by atoms with Gasteiger partial charge in [0.15, 0.2) is 0 Å². The Balaban J connectivity index is 2.07. The van der Waals surface area contributed by atoms with Crippen molar-refractivity contribution in [1.29, 1.82) is 0 Å². The monoisotopic (exact) mass is 294 g/mol. The maximum Gasteiger partial charge on any atom is 0.136 e. The lowest BCUT2D eigenvalue weighted by Gasteiger charge is -2.06. The van der Waals surface area contributed by atoms with Gasteiger partial charge in [0.05, 0.1) is 7.11 Å². The number of rotatable bonds is 3. The van der Waals surface area contributed by atoms with E-state index in [0.717, 1.165) is 32.9 Å². The van der Waals surface area contributed by atoms with Crippen molar-refractivity contribution in [3.63, 3.8) is 0 Å². The van der Waals surface area contributed by atoms with Crippen molar-refractivity contribution in [3.8, 4) is 28.4 Å². The summed E-state index contributed by atoms with van der Waals surface area (Å²) in [6, 6.07) is 21.4. The number of methoxy groups -OCH3 is 1. The molecule has 0 fully saturated rings. The molecule has 0 aliphatic rings. The molecular formula is C18H14O2S. The van der Waals surface area contributed by atoms with Crippen molar-refractivity contribution < 1.29 is 9.15 Å². The zero-order valence-corrected chi connectivity index (χ0v) is 12.4. The van der Waals surface area contributed by atoms with E-state index >= 15 is 0 Å². The molecule has 21 heavy (non-hydrogen) atoms. The Morgan fingerprint density at radius 2 is 1.38 bits per heavy atom. The van der Waals surface area contributed by atoms with Crippen LogP contribution in [0.15, 0.2) is 71.1 Å². The molecule has 0 aliphatic carbocycles. The van der Waals surface area contributed by atoms with Gasteiger partial charge in [-0.2, -0.15) is 0 Å². The van der Waals surface area contributed by atoms with E-state index in [1.165, 1.54) is 0 Å². The third kappa shape index (κ3) is 3.03. The van der Waals surface area contributed by atoms with Crippen molar-refractivity contribution in [3.05, 3.63) is 71.2 Å². The van der Waals surface area contributed by atoms with Crippen LogP contribution in [0.2, 0.25) is 0 Å². The molecule has 1 heterocycles. The summed E-state index contributed by atoms with van der Waals surface area (Å²) >= 11 is 5.35. The summed E-state index contributed by atoms with van der Waals surface area (Å²) in [5.41, 5.74) is 1.98. The fourth-order valence-corrected chi connectivity index (χ4v) is 2.33. The van der Waals surface area contributed by atoms with E-state index in [1.54, 1.807) is 7.11 Å². The van der Waals surface area contributed by atoms with E-state index in [4.69, 9.17) is 21.4 Å². The molecule has 0 unspecified atom stereocenters. The molecule has 2 aromatic carbocycles. The molecule has 3 rings (SSSR count). The minimum Gasteiger partial charge on any atom is -0.497 e. The second-order valence-corrected chi connectivity index (χ2v) is 5.09. The third-order valence-electron chi connectivity index (χ3n) is 3.20. The first-order valence-electron chi connectivity index (χ1n) is 6.61. The van der Waals surface area contributed by atoms with Gasteiger partial charge < -0.3 is 9.15 Å². The molecule has 0 bridgehead atoms. The maximum absolute atomic E-state index is 6.00.